The molecule has 0 spiro atoms. The maximum Gasteiger partial charge on any atom is 0.106 e. The molecule has 1 aromatic carbocycles. The molecule has 0 saturated heterocycles. The fourth-order valence-corrected chi connectivity index (χ4v) is 3.42. The molecule has 19 heavy (non-hydrogen) atoms. The maximum atomic E-state index is 4.12. The summed E-state index contributed by atoms with van der Waals surface area (Å²) in [7, 11) is 0. The molecule has 4 rings (SSSR count). The zero-order chi connectivity index (χ0) is 13.0. The Morgan fingerprint density at radius 2 is 2.16 bits per heavy atom. The quantitative estimate of drug-likeness (QED) is 0.505. The minimum atomic E-state index is 0.349. The van der Waals surface area contributed by atoms with Crippen molar-refractivity contribution >= 4 is 12.4 Å². The normalized spacial score (nSPS) is 27.0. The average molecular weight is 248 g/mol. The number of hydrazone groups is 1. The lowest BCUT2D eigenvalue weighted by Crippen LogP contribution is -2.45. The first-order chi connectivity index (χ1) is 9.27. The van der Waals surface area contributed by atoms with Crippen LogP contribution in [0.2, 0.25) is 0 Å². The standard InChI is InChI=1S/C17H16N2/c1-12-6-5-9-15-13-7-3-4-8-14(13)16-10-11-18(2)19(16)17(12)15/h3-11,15,17H,2H2,1H3. The summed E-state index contributed by atoms with van der Waals surface area (Å²) in [5, 5.41) is 2.31. The van der Waals surface area contributed by atoms with Crippen LogP contribution in [0.3, 0.4) is 0 Å². The van der Waals surface area contributed by atoms with Crippen LogP contribution >= 0.6 is 0 Å². The molecule has 2 heteroatoms. The van der Waals surface area contributed by atoms with E-state index in [1.807, 2.05) is 11.2 Å². The summed E-state index contributed by atoms with van der Waals surface area (Å²) >= 11 is 0. The Morgan fingerprint density at radius 3 is 3.05 bits per heavy atom. The van der Waals surface area contributed by atoms with Crippen LogP contribution in [-0.4, -0.2) is 22.5 Å². The molecule has 0 radical (unpaired) electrons. The second kappa shape index (κ2) is 3.64. The van der Waals surface area contributed by atoms with Crippen LogP contribution in [0.25, 0.3) is 5.70 Å². The van der Waals surface area contributed by atoms with Gasteiger partial charge in [0.05, 0.1) is 13.3 Å². The van der Waals surface area contributed by atoms with Gasteiger partial charge in [0.2, 0.25) is 0 Å². The summed E-state index contributed by atoms with van der Waals surface area (Å²) in [6, 6.07) is 9.05. The molecule has 2 nitrogen and oxygen atoms in total. The predicted molar refractivity (Wildman–Crippen MR) is 77.4 cm³/mol. The smallest absolute Gasteiger partial charge is 0.106 e. The molecule has 0 aromatic heterocycles. The van der Waals surface area contributed by atoms with E-state index in [-0.39, 0.29) is 0 Å². The molecule has 0 amide bonds. The predicted octanol–water partition coefficient (Wildman–Crippen LogP) is 3.11. The van der Waals surface area contributed by atoms with Crippen molar-refractivity contribution in [1.82, 2.24) is 5.01 Å². The van der Waals surface area contributed by atoms with Crippen LogP contribution < -0.4 is 0 Å². The highest BCUT2D eigenvalue weighted by atomic mass is 15.6. The van der Waals surface area contributed by atoms with Gasteiger partial charge >= 0.3 is 0 Å². The Bertz CT molecular complexity index is 664. The van der Waals surface area contributed by atoms with E-state index in [1.165, 1.54) is 22.4 Å². The second-order valence-corrected chi connectivity index (χ2v) is 5.34. The van der Waals surface area contributed by atoms with Crippen molar-refractivity contribution in [3.05, 3.63) is 71.8 Å². The van der Waals surface area contributed by atoms with Gasteiger partial charge in [-0.2, -0.15) is 0 Å². The van der Waals surface area contributed by atoms with E-state index >= 15 is 0 Å². The van der Waals surface area contributed by atoms with E-state index in [2.05, 4.69) is 67.2 Å². The monoisotopic (exact) mass is 248 g/mol. The van der Waals surface area contributed by atoms with Crippen LogP contribution in [0.1, 0.15) is 24.0 Å². The van der Waals surface area contributed by atoms with Gasteiger partial charge in [0, 0.05) is 11.6 Å². The van der Waals surface area contributed by atoms with Gasteiger partial charge in [-0.3, -0.25) is 0 Å². The number of allylic oxidation sites excluding steroid dienone is 2. The number of hydrogen-bond donors (Lipinski definition) is 0. The minimum Gasteiger partial charge on any atom is -0.214 e. The van der Waals surface area contributed by atoms with E-state index in [4.69, 9.17) is 0 Å². The lowest BCUT2D eigenvalue weighted by atomic mass is 9.78. The zero-order valence-electron chi connectivity index (χ0n) is 11.0. The Hall–Kier alpha value is -2.22. The van der Waals surface area contributed by atoms with E-state index in [0.717, 1.165) is 0 Å². The van der Waals surface area contributed by atoms with Crippen molar-refractivity contribution in [3.63, 3.8) is 0 Å². The fraction of sp³-hybridized carbons (Fsp3) is 0.176. The number of nitrogens with zero attached hydrogens (tertiary/aromatic N) is 2. The third-order valence-electron chi connectivity index (χ3n) is 4.27. The third-order valence-corrected chi connectivity index (χ3v) is 4.27. The van der Waals surface area contributed by atoms with Crippen LogP contribution in [0.4, 0.5) is 0 Å². The summed E-state index contributed by atoms with van der Waals surface area (Å²) in [5.74, 6) is 0.411. The van der Waals surface area contributed by atoms with Gasteiger partial charge in [-0.25, -0.2) is 9.69 Å². The van der Waals surface area contributed by atoms with Gasteiger partial charge in [-0.05, 0) is 23.6 Å². The summed E-state index contributed by atoms with van der Waals surface area (Å²) in [4.78, 5) is 0. The lowest BCUT2D eigenvalue weighted by Gasteiger charge is -2.43. The lowest BCUT2D eigenvalue weighted by molar-refractivity contribution is -0.626. The molecule has 94 valence electrons. The van der Waals surface area contributed by atoms with Crippen molar-refractivity contribution < 1.29 is 4.68 Å². The molecular weight excluding hydrogens is 232 g/mol. The highest BCUT2D eigenvalue weighted by Crippen LogP contribution is 2.46. The van der Waals surface area contributed by atoms with Gasteiger partial charge < -0.3 is 0 Å². The molecule has 2 heterocycles. The van der Waals surface area contributed by atoms with Gasteiger partial charge in [0.1, 0.15) is 6.04 Å². The second-order valence-electron chi connectivity index (χ2n) is 5.34. The molecule has 1 aromatic rings. The van der Waals surface area contributed by atoms with Crippen molar-refractivity contribution in [1.29, 1.82) is 0 Å². The topological polar surface area (TPSA) is 6.25 Å². The van der Waals surface area contributed by atoms with Crippen LogP contribution in [-0.2, 0) is 0 Å². The molecule has 0 bridgehead atoms. The van der Waals surface area contributed by atoms with E-state index in [9.17, 15) is 0 Å². The van der Waals surface area contributed by atoms with Gasteiger partial charge in [-0.15, -0.1) is 0 Å². The van der Waals surface area contributed by atoms with Crippen LogP contribution in [0.15, 0.2) is 54.1 Å². The molecule has 1 aliphatic carbocycles. The Labute approximate surface area is 113 Å². The first-order valence-electron chi connectivity index (χ1n) is 6.65. The Kier molecular flexibility index (Phi) is 2.05. The van der Waals surface area contributed by atoms with Crippen LogP contribution in [0.5, 0.6) is 0 Å². The molecular formula is C17H16N2. The average Bonchev–Trinajstić information content (AvgIpc) is 2.82. The zero-order valence-corrected chi connectivity index (χ0v) is 11.0. The molecule has 2 unspecified atom stereocenters. The minimum absolute atomic E-state index is 0.349. The summed E-state index contributed by atoms with van der Waals surface area (Å²) in [6.45, 7) is 8.37. The number of hydrogen-bond acceptors (Lipinski definition) is 1. The van der Waals surface area contributed by atoms with E-state index in [0.29, 0.717) is 12.0 Å². The first-order valence-corrected chi connectivity index (χ1v) is 6.65. The number of hydrazine groups is 1. The van der Waals surface area contributed by atoms with E-state index in [1.54, 1.807) is 0 Å². The SMILES string of the molecule is C=[N+]1[CH-]C=C2c3ccccc3C3C=CC=C(C)C3N21. The third kappa shape index (κ3) is 1.31. The fourth-order valence-electron chi connectivity index (χ4n) is 3.42. The molecule has 0 fully saturated rings. The van der Waals surface area contributed by atoms with Crippen LogP contribution in [0, 0.1) is 6.54 Å². The number of rotatable bonds is 0. The molecule has 2 aliphatic heterocycles. The van der Waals surface area contributed by atoms with Gasteiger partial charge in [0.15, 0.2) is 0 Å². The molecule has 3 aliphatic rings. The van der Waals surface area contributed by atoms with Gasteiger partial charge in [0.25, 0.3) is 0 Å². The Morgan fingerprint density at radius 1 is 1.32 bits per heavy atom. The first kappa shape index (κ1) is 10.7. The van der Waals surface area contributed by atoms with Crippen molar-refractivity contribution in [3.8, 4) is 0 Å². The molecule has 0 saturated carbocycles. The van der Waals surface area contributed by atoms with Crippen molar-refractivity contribution in [2.45, 2.75) is 18.9 Å². The molecule has 0 N–H and O–H groups in total. The highest BCUT2D eigenvalue weighted by Gasteiger charge is 2.41. The van der Waals surface area contributed by atoms with E-state index < -0.39 is 0 Å². The van der Waals surface area contributed by atoms with Gasteiger partial charge in [-0.1, -0.05) is 48.6 Å². The molecule has 2 atom stereocenters. The van der Waals surface area contributed by atoms with Crippen molar-refractivity contribution in [2.24, 2.45) is 0 Å². The summed E-state index contributed by atoms with van der Waals surface area (Å²) < 4.78 is 1.96. The summed E-state index contributed by atoms with van der Waals surface area (Å²) in [5.41, 5.74) is 5.39. The summed E-state index contributed by atoms with van der Waals surface area (Å²) in [6.07, 6.45) is 8.85. The maximum absolute atomic E-state index is 4.12. The highest BCUT2D eigenvalue weighted by molar-refractivity contribution is 5.73. The number of fused-ring (bicyclic) bond motifs is 6. The Balaban J connectivity index is 1.99. The number of benzene rings is 1. The van der Waals surface area contributed by atoms with Crippen molar-refractivity contribution in [2.75, 3.05) is 0 Å². The largest absolute Gasteiger partial charge is 0.214 e.